The van der Waals surface area contributed by atoms with Gasteiger partial charge in [0.25, 0.3) is 0 Å². The largest absolute Gasteiger partial charge is 0.463 e. The topological polar surface area (TPSA) is 93.7 Å². The first-order valence-electron chi connectivity index (χ1n) is 10.8. The molecule has 0 saturated heterocycles. The van der Waals surface area contributed by atoms with Crippen LogP contribution in [0.3, 0.4) is 0 Å². The van der Waals surface area contributed by atoms with E-state index in [4.69, 9.17) is 9.47 Å². The highest BCUT2D eigenvalue weighted by Gasteiger charge is 2.20. The number of rotatable bonds is 11. The quantitative estimate of drug-likeness (QED) is 0.403. The zero-order valence-electron chi connectivity index (χ0n) is 18.9. The predicted molar refractivity (Wildman–Crippen MR) is 122 cm³/mol. The average Bonchev–Trinajstić information content (AvgIpc) is 2.75. The summed E-state index contributed by atoms with van der Waals surface area (Å²) in [5.41, 5.74) is 2.83. The fourth-order valence-electron chi connectivity index (χ4n) is 3.01. The number of nitrogens with one attached hydrogen (secondary N) is 2. The molecule has 2 aromatic carbocycles. The van der Waals surface area contributed by atoms with E-state index < -0.39 is 12.1 Å². The second kappa shape index (κ2) is 13.1. The van der Waals surface area contributed by atoms with Crippen LogP contribution in [-0.2, 0) is 25.7 Å². The maximum absolute atomic E-state index is 12.4. The van der Waals surface area contributed by atoms with E-state index in [1.807, 2.05) is 61.5 Å². The molecule has 0 radical (unpaired) electrons. The van der Waals surface area contributed by atoms with Crippen molar-refractivity contribution in [3.8, 4) is 0 Å². The fourth-order valence-corrected chi connectivity index (χ4v) is 3.01. The molecule has 32 heavy (non-hydrogen) atoms. The number of ether oxygens (including phenoxy) is 2. The Labute approximate surface area is 189 Å². The molecular weight excluding hydrogens is 408 g/mol. The molecule has 2 aromatic rings. The van der Waals surface area contributed by atoms with E-state index in [0.29, 0.717) is 13.0 Å². The normalized spacial score (nSPS) is 11.5. The van der Waals surface area contributed by atoms with E-state index in [-0.39, 0.29) is 37.4 Å². The maximum atomic E-state index is 12.4. The molecule has 2 N–H and O–H groups in total. The van der Waals surface area contributed by atoms with E-state index in [1.54, 1.807) is 13.8 Å². The average molecular weight is 441 g/mol. The summed E-state index contributed by atoms with van der Waals surface area (Å²) in [6, 6.07) is 16.6. The Hall–Kier alpha value is -3.35. The minimum absolute atomic E-state index is 0.0526. The van der Waals surface area contributed by atoms with Crippen LogP contribution in [0.15, 0.2) is 54.6 Å². The maximum Gasteiger partial charge on any atom is 0.407 e. The van der Waals surface area contributed by atoms with Crippen LogP contribution >= 0.6 is 0 Å². The molecule has 0 aliphatic heterocycles. The Kier molecular flexibility index (Phi) is 10.2. The molecule has 2 amide bonds. The zero-order valence-corrected chi connectivity index (χ0v) is 18.9. The van der Waals surface area contributed by atoms with E-state index in [9.17, 15) is 14.4 Å². The van der Waals surface area contributed by atoms with Crippen molar-refractivity contribution in [2.24, 2.45) is 0 Å². The summed E-state index contributed by atoms with van der Waals surface area (Å²) in [5.74, 6) is -0.568. The second-order valence-corrected chi connectivity index (χ2v) is 7.87. The standard InChI is InChI=1S/C25H32N2O5/c1-18(2)32-24(29)16-22(21-13-11-19(3)12-14-21)27-23(28)10-7-15-26-25(30)31-17-20-8-5-4-6-9-20/h4-6,8-9,11-14,18,22H,7,10,15-17H2,1-3H3,(H,26,30)(H,27,28). The number of esters is 1. The monoisotopic (exact) mass is 440 g/mol. The highest BCUT2D eigenvalue weighted by atomic mass is 16.5. The Morgan fingerprint density at radius 2 is 1.66 bits per heavy atom. The molecule has 1 atom stereocenters. The van der Waals surface area contributed by atoms with Gasteiger partial charge in [-0.2, -0.15) is 0 Å². The van der Waals surface area contributed by atoms with Crippen LogP contribution < -0.4 is 10.6 Å². The van der Waals surface area contributed by atoms with E-state index >= 15 is 0 Å². The van der Waals surface area contributed by atoms with Crippen molar-refractivity contribution in [1.29, 1.82) is 0 Å². The van der Waals surface area contributed by atoms with E-state index in [2.05, 4.69) is 10.6 Å². The van der Waals surface area contributed by atoms with Crippen molar-refractivity contribution in [2.75, 3.05) is 6.54 Å². The summed E-state index contributed by atoms with van der Waals surface area (Å²) in [7, 11) is 0. The van der Waals surface area contributed by atoms with Gasteiger partial charge in [0.05, 0.1) is 18.6 Å². The Morgan fingerprint density at radius 3 is 2.31 bits per heavy atom. The van der Waals surface area contributed by atoms with Crippen LogP contribution in [0.2, 0.25) is 0 Å². The Balaban J connectivity index is 1.77. The van der Waals surface area contributed by atoms with Gasteiger partial charge >= 0.3 is 12.1 Å². The van der Waals surface area contributed by atoms with Gasteiger partial charge in [-0.25, -0.2) is 4.79 Å². The van der Waals surface area contributed by atoms with Crippen molar-refractivity contribution in [1.82, 2.24) is 10.6 Å². The molecule has 172 valence electrons. The summed E-state index contributed by atoms with van der Waals surface area (Å²) in [4.78, 5) is 36.4. The Bertz CT molecular complexity index is 866. The summed E-state index contributed by atoms with van der Waals surface area (Å²) in [6.45, 7) is 6.05. The van der Waals surface area contributed by atoms with Gasteiger partial charge in [0.1, 0.15) is 6.61 Å². The van der Waals surface area contributed by atoms with E-state index in [1.165, 1.54) is 0 Å². The molecule has 0 aromatic heterocycles. The number of carbonyl (C=O) groups is 3. The predicted octanol–water partition coefficient (Wildman–Crippen LogP) is 4.20. The lowest BCUT2D eigenvalue weighted by Crippen LogP contribution is -2.32. The summed E-state index contributed by atoms with van der Waals surface area (Å²) in [5, 5.41) is 5.55. The van der Waals surface area contributed by atoms with Crippen LogP contribution in [0.5, 0.6) is 0 Å². The molecule has 0 spiro atoms. The molecule has 0 heterocycles. The van der Waals surface area contributed by atoms with Crippen molar-refractivity contribution >= 4 is 18.0 Å². The molecule has 0 bridgehead atoms. The minimum Gasteiger partial charge on any atom is -0.463 e. The Morgan fingerprint density at radius 1 is 0.969 bits per heavy atom. The van der Waals surface area contributed by atoms with Gasteiger partial charge in [0, 0.05) is 13.0 Å². The van der Waals surface area contributed by atoms with Crippen molar-refractivity contribution in [2.45, 2.75) is 58.8 Å². The number of hydrogen-bond acceptors (Lipinski definition) is 5. The first-order valence-corrected chi connectivity index (χ1v) is 10.8. The lowest BCUT2D eigenvalue weighted by atomic mass is 10.0. The summed E-state index contributed by atoms with van der Waals surface area (Å²) >= 11 is 0. The molecule has 0 aliphatic carbocycles. The van der Waals surface area contributed by atoms with Crippen molar-refractivity contribution in [3.63, 3.8) is 0 Å². The van der Waals surface area contributed by atoms with Crippen molar-refractivity contribution < 1.29 is 23.9 Å². The number of carbonyl (C=O) groups excluding carboxylic acids is 3. The zero-order chi connectivity index (χ0) is 23.3. The highest BCUT2D eigenvalue weighted by Crippen LogP contribution is 2.19. The number of amides is 2. The third-order valence-corrected chi connectivity index (χ3v) is 4.62. The van der Waals surface area contributed by atoms with Crippen LogP contribution in [0, 0.1) is 6.92 Å². The molecular formula is C25H32N2O5. The molecule has 7 heteroatoms. The molecule has 2 rings (SSSR count). The van der Waals surface area contributed by atoms with Crippen LogP contribution in [-0.4, -0.2) is 30.6 Å². The van der Waals surface area contributed by atoms with Crippen molar-refractivity contribution in [3.05, 3.63) is 71.3 Å². The summed E-state index contributed by atoms with van der Waals surface area (Å²) < 4.78 is 10.4. The van der Waals surface area contributed by atoms with Gasteiger partial charge < -0.3 is 20.1 Å². The smallest absolute Gasteiger partial charge is 0.407 e. The second-order valence-electron chi connectivity index (χ2n) is 7.87. The van der Waals surface area contributed by atoms with Crippen LogP contribution in [0.1, 0.15) is 55.8 Å². The van der Waals surface area contributed by atoms with Gasteiger partial charge in [-0.05, 0) is 38.3 Å². The molecule has 1 unspecified atom stereocenters. The number of benzene rings is 2. The van der Waals surface area contributed by atoms with Gasteiger partial charge in [-0.15, -0.1) is 0 Å². The lowest BCUT2D eigenvalue weighted by molar-refractivity contribution is -0.148. The molecule has 7 nitrogen and oxygen atoms in total. The number of hydrogen-bond donors (Lipinski definition) is 2. The lowest BCUT2D eigenvalue weighted by Gasteiger charge is -2.20. The van der Waals surface area contributed by atoms with Gasteiger partial charge in [0.2, 0.25) is 5.91 Å². The number of aryl methyl sites for hydroxylation is 1. The number of alkyl carbamates (subject to hydrolysis) is 1. The third kappa shape index (κ3) is 9.64. The molecule has 0 saturated carbocycles. The van der Waals surface area contributed by atoms with E-state index in [0.717, 1.165) is 16.7 Å². The highest BCUT2D eigenvalue weighted by molar-refractivity contribution is 5.78. The van der Waals surface area contributed by atoms with Gasteiger partial charge in [-0.1, -0.05) is 60.2 Å². The minimum atomic E-state index is -0.525. The van der Waals surface area contributed by atoms with Crippen LogP contribution in [0.4, 0.5) is 4.79 Å². The third-order valence-electron chi connectivity index (χ3n) is 4.62. The van der Waals surface area contributed by atoms with Gasteiger partial charge in [0.15, 0.2) is 0 Å². The SMILES string of the molecule is Cc1ccc(C(CC(=O)OC(C)C)NC(=O)CCCNC(=O)OCc2ccccc2)cc1. The van der Waals surface area contributed by atoms with Crippen LogP contribution in [0.25, 0.3) is 0 Å². The first-order chi connectivity index (χ1) is 15.3. The first kappa shape index (κ1) is 24.9. The molecule has 0 fully saturated rings. The summed E-state index contributed by atoms with van der Waals surface area (Å²) in [6.07, 6.45) is -0.0335. The molecule has 0 aliphatic rings. The fraction of sp³-hybridized carbons (Fsp3) is 0.400. The van der Waals surface area contributed by atoms with Gasteiger partial charge in [-0.3, -0.25) is 9.59 Å².